The van der Waals surface area contributed by atoms with Crippen molar-refractivity contribution in [3.63, 3.8) is 0 Å². The molecule has 0 radical (unpaired) electrons. The number of unbranched alkanes of at least 4 members (excludes halogenated alkanes) is 1. The van der Waals surface area contributed by atoms with Gasteiger partial charge in [0.15, 0.2) is 11.9 Å². The third-order valence-corrected chi connectivity index (χ3v) is 5.58. The molecule has 0 saturated heterocycles. The molecule has 1 aliphatic rings. The second kappa shape index (κ2) is 10.2. The normalized spacial score (nSPS) is 12.3. The van der Waals surface area contributed by atoms with E-state index in [1.807, 2.05) is 66.7 Å². The summed E-state index contributed by atoms with van der Waals surface area (Å²) in [6.45, 7) is 0.515. The SMILES string of the molecule is CO[C@@H](Cc1ccc(C#CCCCOc2ccc3c(c2)C(=O)c2ccccc2-3)cc1)C(=O)O. The molecule has 3 aromatic carbocycles. The van der Waals surface area contributed by atoms with E-state index in [-0.39, 0.29) is 5.78 Å². The molecule has 5 heteroatoms. The minimum absolute atomic E-state index is 0.0450. The average Bonchev–Trinajstić information content (AvgIpc) is 3.12. The first-order chi connectivity index (χ1) is 16.1. The van der Waals surface area contributed by atoms with Gasteiger partial charge in [0.25, 0.3) is 0 Å². The number of hydrogen-bond donors (Lipinski definition) is 1. The van der Waals surface area contributed by atoms with Crippen LogP contribution < -0.4 is 4.74 Å². The highest BCUT2D eigenvalue weighted by molar-refractivity contribution is 6.21. The lowest BCUT2D eigenvalue weighted by atomic mass is 10.1. The number of ketones is 1. The minimum Gasteiger partial charge on any atom is -0.494 e. The van der Waals surface area contributed by atoms with Gasteiger partial charge >= 0.3 is 5.97 Å². The number of aliphatic carboxylic acids is 1. The van der Waals surface area contributed by atoms with Crippen molar-refractivity contribution in [1.82, 2.24) is 0 Å². The van der Waals surface area contributed by atoms with Gasteiger partial charge in [0.1, 0.15) is 5.75 Å². The van der Waals surface area contributed by atoms with E-state index in [1.54, 1.807) is 0 Å². The molecule has 4 rings (SSSR count). The molecule has 0 fully saturated rings. The lowest BCUT2D eigenvalue weighted by Gasteiger charge is -2.10. The quantitative estimate of drug-likeness (QED) is 0.316. The Morgan fingerprint density at radius 2 is 1.70 bits per heavy atom. The second-order valence-corrected chi connectivity index (χ2v) is 7.80. The van der Waals surface area contributed by atoms with Crippen LogP contribution in [0.4, 0.5) is 0 Å². The van der Waals surface area contributed by atoms with Crippen LogP contribution in [0.3, 0.4) is 0 Å². The molecule has 3 aromatic rings. The Kier molecular flexibility index (Phi) is 6.87. The maximum Gasteiger partial charge on any atom is 0.333 e. The van der Waals surface area contributed by atoms with E-state index in [4.69, 9.17) is 14.6 Å². The molecular weight excluding hydrogens is 416 g/mol. The third kappa shape index (κ3) is 5.14. The molecule has 0 spiro atoms. The zero-order valence-electron chi connectivity index (χ0n) is 18.3. The van der Waals surface area contributed by atoms with E-state index < -0.39 is 12.1 Å². The summed E-state index contributed by atoms with van der Waals surface area (Å²) >= 11 is 0. The Morgan fingerprint density at radius 1 is 0.970 bits per heavy atom. The molecule has 5 nitrogen and oxygen atoms in total. The van der Waals surface area contributed by atoms with Crippen molar-refractivity contribution in [3.05, 3.63) is 89.0 Å². The molecule has 0 heterocycles. The van der Waals surface area contributed by atoms with Crippen LogP contribution >= 0.6 is 0 Å². The van der Waals surface area contributed by atoms with Gasteiger partial charge in [-0.3, -0.25) is 4.79 Å². The predicted molar refractivity (Wildman–Crippen MR) is 125 cm³/mol. The number of fused-ring (bicyclic) bond motifs is 3. The number of rotatable bonds is 8. The Balaban J connectivity index is 1.25. The molecule has 33 heavy (non-hydrogen) atoms. The highest BCUT2D eigenvalue weighted by Crippen LogP contribution is 2.38. The number of hydrogen-bond acceptors (Lipinski definition) is 4. The Hall–Kier alpha value is -3.88. The van der Waals surface area contributed by atoms with Crippen LogP contribution in [0.15, 0.2) is 66.7 Å². The van der Waals surface area contributed by atoms with Crippen molar-refractivity contribution in [2.75, 3.05) is 13.7 Å². The lowest BCUT2D eigenvalue weighted by Crippen LogP contribution is -2.24. The molecule has 0 aliphatic heterocycles. The summed E-state index contributed by atoms with van der Waals surface area (Å²) in [6, 6.07) is 20.8. The van der Waals surface area contributed by atoms with Gasteiger partial charge < -0.3 is 14.6 Å². The van der Waals surface area contributed by atoms with Crippen LogP contribution in [-0.4, -0.2) is 36.7 Å². The highest BCUT2D eigenvalue weighted by atomic mass is 16.5. The smallest absolute Gasteiger partial charge is 0.333 e. The van der Waals surface area contributed by atoms with E-state index in [0.717, 1.165) is 34.2 Å². The van der Waals surface area contributed by atoms with E-state index in [2.05, 4.69) is 11.8 Å². The summed E-state index contributed by atoms with van der Waals surface area (Å²) in [7, 11) is 1.39. The van der Waals surface area contributed by atoms with Crippen LogP contribution in [0.2, 0.25) is 0 Å². The first kappa shape index (κ1) is 22.3. The van der Waals surface area contributed by atoms with Gasteiger partial charge in [0, 0.05) is 36.6 Å². The number of carbonyl (C=O) groups is 2. The molecule has 166 valence electrons. The van der Waals surface area contributed by atoms with Crippen LogP contribution in [0, 0.1) is 11.8 Å². The summed E-state index contributed by atoms with van der Waals surface area (Å²) in [5.74, 6) is 6.01. The van der Waals surface area contributed by atoms with Crippen molar-refractivity contribution >= 4 is 11.8 Å². The molecule has 0 unspecified atom stereocenters. The molecule has 0 saturated carbocycles. The topological polar surface area (TPSA) is 72.8 Å². The molecule has 0 aromatic heterocycles. The molecule has 0 bridgehead atoms. The second-order valence-electron chi connectivity index (χ2n) is 7.80. The van der Waals surface area contributed by atoms with Gasteiger partial charge in [0.05, 0.1) is 6.61 Å². The van der Waals surface area contributed by atoms with E-state index in [0.29, 0.717) is 30.8 Å². The molecule has 1 atom stereocenters. The molecule has 1 N–H and O–H groups in total. The fourth-order valence-corrected chi connectivity index (χ4v) is 3.82. The van der Waals surface area contributed by atoms with Gasteiger partial charge in [-0.2, -0.15) is 0 Å². The van der Waals surface area contributed by atoms with Gasteiger partial charge in [-0.05, 0) is 53.4 Å². The van der Waals surface area contributed by atoms with Gasteiger partial charge in [-0.1, -0.05) is 48.2 Å². The third-order valence-electron chi connectivity index (χ3n) is 5.58. The van der Waals surface area contributed by atoms with Crippen molar-refractivity contribution in [1.29, 1.82) is 0 Å². The summed E-state index contributed by atoms with van der Waals surface area (Å²) in [4.78, 5) is 23.7. The highest BCUT2D eigenvalue weighted by Gasteiger charge is 2.26. The van der Waals surface area contributed by atoms with Crippen molar-refractivity contribution < 1.29 is 24.2 Å². The number of ether oxygens (including phenoxy) is 2. The van der Waals surface area contributed by atoms with Gasteiger partial charge in [0.2, 0.25) is 0 Å². The van der Waals surface area contributed by atoms with Gasteiger partial charge in [-0.25, -0.2) is 4.79 Å². The summed E-state index contributed by atoms with van der Waals surface area (Å²) in [6.07, 6.45) is 0.921. The van der Waals surface area contributed by atoms with Crippen LogP contribution in [0.1, 0.15) is 39.9 Å². The zero-order valence-corrected chi connectivity index (χ0v) is 18.3. The Bertz CT molecular complexity index is 1230. The van der Waals surface area contributed by atoms with Crippen LogP contribution in [-0.2, 0) is 16.0 Å². The number of carboxylic acids is 1. The summed E-state index contributed by atoms with van der Waals surface area (Å²) < 4.78 is 10.8. The Morgan fingerprint density at radius 3 is 2.42 bits per heavy atom. The monoisotopic (exact) mass is 440 g/mol. The fraction of sp³-hybridized carbons (Fsp3) is 0.214. The number of methoxy groups -OCH3 is 1. The summed E-state index contributed by atoms with van der Waals surface area (Å²) in [5.41, 5.74) is 5.14. The van der Waals surface area contributed by atoms with Gasteiger partial charge in [-0.15, -0.1) is 0 Å². The average molecular weight is 440 g/mol. The lowest BCUT2D eigenvalue weighted by molar-refractivity contribution is -0.148. The van der Waals surface area contributed by atoms with Crippen LogP contribution in [0.5, 0.6) is 5.75 Å². The zero-order chi connectivity index (χ0) is 23.2. The predicted octanol–water partition coefficient (Wildman–Crippen LogP) is 4.75. The largest absolute Gasteiger partial charge is 0.494 e. The van der Waals surface area contributed by atoms with Crippen molar-refractivity contribution in [2.45, 2.75) is 25.4 Å². The van der Waals surface area contributed by atoms with E-state index in [1.165, 1.54) is 7.11 Å². The number of carboxylic acid groups (broad SMARTS) is 1. The number of benzene rings is 3. The Labute approximate surface area is 193 Å². The standard InChI is InChI=1S/C28H24O5/c1-32-26(28(30)31)17-20-12-10-19(11-13-20)7-3-2-6-16-33-21-14-15-23-22-8-4-5-9-24(22)27(29)25(23)18-21/h4-5,8-15,18,26H,2,6,16-17H2,1H3,(H,30,31)/t26-/m0/s1. The minimum atomic E-state index is -0.972. The first-order valence-electron chi connectivity index (χ1n) is 10.8. The molecular formula is C28H24O5. The fourth-order valence-electron chi connectivity index (χ4n) is 3.82. The number of carbonyl (C=O) groups excluding carboxylic acids is 1. The molecule has 0 amide bonds. The van der Waals surface area contributed by atoms with E-state index in [9.17, 15) is 9.59 Å². The van der Waals surface area contributed by atoms with E-state index >= 15 is 0 Å². The van der Waals surface area contributed by atoms with Crippen molar-refractivity contribution in [3.8, 4) is 28.7 Å². The maximum absolute atomic E-state index is 12.6. The van der Waals surface area contributed by atoms with Crippen molar-refractivity contribution in [2.24, 2.45) is 0 Å². The van der Waals surface area contributed by atoms with Crippen LogP contribution in [0.25, 0.3) is 11.1 Å². The maximum atomic E-state index is 12.6. The first-order valence-corrected chi connectivity index (χ1v) is 10.8. The molecule has 1 aliphatic carbocycles. The summed E-state index contributed by atoms with van der Waals surface area (Å²) in [5, 5.41) is 9.07.